The first kappa shape index (κ1) is 17.2. The fourth-order valence-corrected chi connectivity index (χ4v) is 2.83. The van der Waals surface area contributed by atoms with Crippen molar-refractivity contribution in [3.8, 4) is 0 Å². The number of halogens is 1. The molecule has 5 atom stereocenters. The number of carbonyl (C=O) groups excluding carboxylic acids is 1. The molecule has 1 aliphatic heterocycles. The van der Waals surface area contributed by atoms with Crippen molar-refractivity contribution in [3.05, 3.63) is 34.6 Å². The van der Waals surface area contributed by atoms with Gasteiger partial charge >= 0.3 is 0 Å². The summed E-state index contributed by atoms with van der Waals surface area (Å²) in [5.74, 6) is -0.789. The van der Waals surface area contributed by atoms with Crippen molar-refractivity contribution in [2.75, 3.05) is 6.61 Å². The zero-order chi connectivity index (χ0) is 16.7. The Morgan fingerprint density at radius 1 is 1.50 bits per heavy atom. The van der Waals surface area contributed by atoms with Crippen LogP contribution in [0, 0.1) is 11.8 Å². The molecule has 0 saturated carbocycles. The van der Waals surface area contributed by atoms with Crippen molar-refractivity contribution in [2.24, 2.45) is 11.8 Å². The fraction of sp³-hybridized carbons (Fsp3) is 0.562. The molecule has 0 aromatic carbocycles. The lowest BCUT2D eigenvalue weighted by molar-refractivity contribution is -0.150. The number of aliphatic hydroxyl groups is 3. The van der Waals surface area contributed by atoms with Crippen molar-refractivity contribution in [1.29, 1.82) is 0 Å². The lowest BCUT2D eigenvalue weighted by Gasteiger charge is -2.40. The van der Waals surface area contributed by atoms with Crippen LogP contribution in [0.1, 0.15) is 20.8 Å². The molecular weight excluding hydrogens is 308 g/mol. The molecule has 0 aromatic heterocycles. The molecule has 1 aliphatic carbocycles. The number of fused-ring (bicyclic) bond motifs is 1. The first-order valence-electron chi connectivity index (χ1n) is 7.22. The van der Waals surface area contributed by atoms with E-state index >= 15 is 0 Å². The second-order valence-electron chi connectivity index (χ2n) is 6.11. The predicted molar refractivity (Wildman–Crippen MR) is 82.0 cm³/mol. The monoisotopic (exact) mass is 328 g/mol. The average molecular weight is 329 g/mol. The summed E-state index contributed by atoms with van der Waals surface area (Å²) in [7, 11) is 0. The van der Waals surface area contributed by atoms with Gasteiger partial charge < -0.3 is 20.1 Å². The minimum atomic E-state index is -1.91. The van der Waals surface area contributed by atoms with E-state index in [4.69, 9.17) is 16.3 Å². The quantitative estimate of drug-likeness (QED) is 0.726. The van der Waals surface area contributed by atoms with Gasteiger partial charge in [0.25, 0.3) is 0 Å². The Morgan fingerprint density at radius 3 is 2.73 bits per heavy atom. The highest BCUT2D eigenvalue weighted by molar-refractivity contribution is 6.44. The second kappa shape index (κ2) is 6.16. The van der Waals surface area contributed by atoms with Crippen LogP contribution in [-0.2, 0) is 9.53 Å². The van der Waals surface area contributed by atoms with Gasteiger partial charge in [-0.15, -0.1) is 0 Å². The summed E-state index contributed by atoms with van der Waals surface area (Å²) in [6, 6.07) is 0. The third kappa shape index (κ3) is 2.99. The van der Waals surface area contributed by atoms with E-state index in [9.17, 15) is 20.1 Å². The van der Waals surface area contributed by atoms with E-state index < -0.39 is 29.5 Å². The third-order valence-electron chi connectivity index (χ3n) is 4.32. The number of ketones is 1. The van der Waals surface area contributed by atoms with E-state index in [-0.39, 0.29) is 17.6 Å². The molecule has 22 heavy (non-hydrogen) atoms. The lowest BCUT2D eigenvalue weighted by atomic mass is 9.75. The Morgan fingerprint density at radius 2 is 2.14 bits per heavy atom. The highest BCUT2D eigenvalue weighted by atomic mass is 35.5. The Balaban J connectivity index is 2.32. The van der Waals surface area contributed by atoms with Gasteiger partial charge in [0, 0.05) is 11.8 Å². The maximum atomic E-state index is 12.1. The van der Waals surface area contributed by atoms with E-state index in [0.717, 1.165) is 0 Å². The van der Waals surface area contributed by atoms with Gasteiger partial charge in [-0.05, 0) is 31.6 Å². The molecule has 2 aliphatic rings. The van der Waals surface area contributed by atoms with Gasteiger partial charge in [-0.2, -0.15) is 0 Å². The molecule has 0 saturated heterocycles. The van der Waals surface area contributed by atoms with Crippen LogP contribution in [0.2, 0.25) is 0 Å². The van der Waals surface area contributed by atoms with Crippen LogP contribution in [0.5, 0.6) is 0 Å². The van der Waals surface area contributed by atoms with Gasteiger partial charge in [0.15, 0.2) is 5.60 Å². The molecule has 0 fully saturated rings. The summed E-state index contributed by atoms with van der Waals surface area (Å²) in [6.45, 7) is 4.93. The molecule has 1 heterocycles. The molecule has 6 heteroatoms. The molecular formula is C16H21ClO5. The second-order valence-corrected chi connectivity index (χ2v) is 6.49. The average Bonchev–Trinajstić information content (AvgIpc) is 2.48. The Hall–Kier alpha value is -1.14. The first-order chi connectivity index (χ1) is 10.2. The zero-order valence-corrected chi connectivity index (χ0v) is 13.5. The highest BCUT2D eigenvalue weighted by Gasteiger charge is 2.50. The minimum absolute atomic E-state index is 0.0500. The molecule has 0 unspecified atom stereocenters. The maximum Gasteiger partial charge on any atom is 0.208 e. The van der Waals surface area contributed by atoms with E-state index in [1.807, 2.05) is 6.92 Å². The van der Waals surface area contributed by atoms with E-state index in [1.165, 1.54) is 6.92 Å². The Bertz CT molecular complexity index is 559. The lowest BCUT2D eigenvalue weighted by Crippen LogP contribution is -2.55. The maximum absolute atomic E-state index is 12.1. The SMILES string of the molecule is C[C@H](O)[C@@H](C)/C=C/C1=CC2=C(Cl)C(=O)[C@](C)(O)[C@@H](O)[C@@H]2CO1. The van der Waals surface area contributed by atoms with Crippen molar-refractivity contribution < 1.29 is 24.9 Å². The molecule has 0 radical (unpaired) electrons. The van der Waals surface area contributed by atoms with Crippen LogP contribution in [0.4, 0.5) is 0 Å². The minimum Gasteiger partial charge on any atom is -0.493 e. The predicted octanol–water partition coefficient (Wildman–Crippen LogP) is 1.28. The van der Waals surface area contributed by atoms with Crippen LogP contribution >= 0.6 is 11.6 Å². The normalized spacial score (nSPS) is 35.0. The topological polar surface area (TPSA) is 87.0 Å². The molecule has 0 aromatic rings. The number of allylic oxidation sites excluding steroid dienone is 2. The first-order valence-corrected chi connectivity index (χ1v) is 7.59. The highest BCUT2D eigenvalue weighted by Crippen LogP contribution is 2.40. The molecule has 122 valence electrons. The standard InChI is InChI=1S/C16H21ClO5/c1-8(9(2)18)4-5-10-6-11-12(7-22-10)14(19)16(3,21)15(20)13(11)17/h4-6,8-9,12,14,18-19,21H,7H2,1-3H3/b5-4+/t8-,9-,12+,14-,16+/m0/s1. The number of Topliss-reactive ketones (excluding diaryl/α,β-unsaturated/α-hetero) is 1. The van der Waals surface area contributed by atoms with Gasteiger partial charge in [0.2, 0.25) is 5.78 Å². The molecule has 3 N–H and O–H groups in total. The van der Waals surface area contributed by atoms with Crippen LogP contribution in [0.25, 0.3) is 0 Å². The van der Waals surface area contributed by atoms with E-state index in [0.29, 0.717) is 11.3 Å². The number of carbonyl (C=O) groups is 1. The summed E-state index contributed by atoms with van der Waals surface area (Å²) in [6.07, 6.45) is 3.34. The number of hydrogen-bond acceptors (Lipinski definition) is 5. The summed E-state index contributed by atoms with van der Waals surface area (Å²) in [4.78, 5) is 12.1. The van der Waals surface area contributed by atoms with Crippen LogP contribution in [0.15, 0.2) is 34.6 Å². The summed E-state index contributed by atoms with van der Waals surface area (Å²) in [5, 5.41) is 29.6. The van der Waals surface area contributed by atoms with Crippen molar-refractivity contribution >= 4 is 17.4 Å². The van der Waals surface area contributed by atoms with Crippen molar-refractivity contribution in [2.45, 2.75) is 38.6 Å². The van der Waals surface area contributed by atoms with Crippen molar-refractivity contribution in [3.63, 3.8) is 0 Å². The van der Waals surface area contributed by atoms with Crippen LogP contribution < -0.4 is 0 Å². The Kier molecular flexibility index (Phi) is 4.82. The summed E-state index contributed by atoms with van der Waals surface area (Å²) in [5.41, 5.74) is -1.43. The molecule has 0 bridgehead atoms. The van der Waals surface area contributed by atoms with E-state index in [2.05, 4.69) is 0 Å². The van der Waals surface area contributed by atoms with Gasteiger partial charge in [-0.1, -0.05) is 24.6 Å². The van der Waals surface area contributed by atoms with Gasteiger partial charge in [0.1, 0.15) is 11.9 Å². The summed E-state index contributed by atoms with van der Waals surface area (Å²) >= 11 is 6.06. The molecule has 0 spiro atoms. The van der Waals surface area contributed by atoms with E-state index in [1.54, 1.807) is 25.2 Å². The number of ether oxygens (including phenoxy) is 1. The smallest absolute Gasteiger partial charge is 0.208 e. The largest absolute Gasteiger partial charge is 0.493 e. The number of rotatable bonds is 3. The zero-order valence-electron chi connectivity index (χ0n) is 12.8. The molecule has 0 amide bonds. The number of aliphatic hydroxyl groups excluding tert-OH is 2. The van der Waals surface area contributed by atoms with Gasteiger partial charge in [0.05, 0.1) is 17.7 Å². The van der Waals surface area contributed by atoms with Crippen LogP contribution in [-0.4, -0.2) is 45.5 Å². The Labute approximate surface area is 134 Å². The van der Waals surface area contributed by atoms with Gasteiger partial charge in [-0.3, -0.25) is 4.79 Å². The molecule has 2 rings (SSSR count). The summed E-state index contributed by atoms with van der Waals surface area (Å²) < 4.78 is 5.54. The fourth-order valence-electron chi connectivity index (χ4n) is 2.45. The van der Waals surface area contributed by atoms with Gasteiger partial charge in [-0.25, -0.2) is 0 Å². The third-order valence-corrected chi connectivity index (χ3v) is 4.71. The molecule has 5 nitrogen and oxygen atoms in total. The number of hydrogen-bond donors (Lipinski definition) is 3. The van der Waals surface area contributed by atoms with Crippen LogP contribution in [0.3, 0.4) is 0 Å². The van der Waals surface area contributed by atoms with Crippen molar-refractivity contribution in [1.82, 2.24) is 0 Å².